The van der Waals surface area contributed by atoms with Crippen molar-refractivity contribution in [3.63, 3.8) is 0 Å². The average molecular weight is 207 g/mol. The lowest BCUT2D eigenvalue weighted by atomic mass is 10.2. The lowest BCUT2D eigenvalue weighted by Gasteiger charge is -2.21. The van der Waals surface area contributed by atoms with Gasteiger partial charge in [0.25, 0.3) is 0 Å². The molecule has 0 aromatic carbocycles. The van der Waals surface area contributed by atoms with Gasteiger partial charge in [-0.1, -0.05) is 20.8 Å². The zero-order valence-corrected chi connectivity index (χ0v) is 9.90. The van der Waals surface area contributed by atoms with Crippen molar-refractivity contribution in [3.8, 4) is 0 Å². The molecule has 0 amide bonds. The zero-order valence-electron chi connectivity index (χ0n) is 9.90. The zero-order chi connectivity index (χ0) is 11.3. The smallest absolute Gasteiger partial charge is 0.0545 e. The number of hydrogen-bond acceptors (Lipinski definition) is 3. The maximum absolute atomic E-state index is 5.59. The molecule has 1 rings (SSSR count). The van der Waals surface area contributed by atoms with Crippen LogP contribution in [-0.4, -0.2) is 23.0 Å². The first kappa shape index (κ1) is 12.0. The van der Waals surface area contributed by atoms with Crippen LogP contribution in [0.4, 0.5) is 5.69 Å². The van der Waals surface area contributed by atoms with Crippen LogP contribution in [0.2, 0.25) is 0 Å². The topological polar surface area (TPSA) is 42.1 Å². The van der Waals surface area contributed by atoms with Gasteiger partial charge >= 0.3 is 0 Å². The van der Waals surface area contributed by atoms with Gasteiger partial charge in [-0.25, -0.2) is 0 Å². The summed E-state index contributed by atoms with van der Waals surface area (Å²) in [4.78, 5) is 6.70. The Morgan fingerprint density at radius 1 is 1.40 bits per heavy atom. The first-order valence-electron chi connectivity index (χ1n) is 5.54. The van der Waals surface area contributed by atoms with E-state index in [1.165, 1.54) is 0 Å². The van der Waals surface area contributed by atoms with Crippen molar-refractivity contribution in [2.24, 2.45) is 5.92 Å². The van der Waals surface area contributed by atoms with Gasteiger partial charge in [0.15, 0.2) is 0 Å². The van der Waals surface area contributed by atoms with Crippen LogP contribution in [0, 0.1) is 5.92 Å². The molecule has 0 saturated heterocycles. The molecule has 1 aromatic heterocycles. The molecular formula is C12H21N3. The van der Waals surface area contributed by atoms with E-state index in [0.29, 0.717) is 5.92 Å². The first-order valence-corrected chi connectivity index (χ1v) is 5.54. The molecular weight excluding hydrogens is 186 g/mol. The maximum atomic E-state index is 5.59. The summed E-state index contributed by atoms with van der Waals surface area (Å²) in [7, 11) is 0. The molecule has 0 bridgehead atoms. The fraction of sp³-hybridized carbons (Fsp3) is 0.583. The molecule has 1 aromatic rings. The monoisotopic (exact) mass is 207 g/mol. The van der Waals surface area contributed by atoms with Crippen molar-refractivity contribution in [2.75, 3.05) is 18.8 Å². The van der Waals surface area contributed by atoms with Gasteiger partial charge in [0.2, 0.25) is 0 Å². The second-order valence-corrected chi connectivity index (χ2v) is 4.30. The third kappa shape index (κ3) is 4.30. The highest BCUT2D eigenvalue weighted by Gasteiger charge is 2.06. The second-order valence-electron chi connectivity index (χ2n) is 4.30. The van der Waals surface area contributed by atoms with Crippen LogP contribution in [0.5, 0.6) is 0 Å². The number of anilines is 1. The molecule has 0 atom stereocenters. The van der Waals surface area contributed by atoms with Crippen LogP contribution in [0.1, 0.15) is 26.5 Å². The van der Waals surface area contributed by atoms with E-state index in [2.05, 4.69) is 30.7 Å². The van der Waals surface area contributed by atoms with Crippen molar-refractivity contribution in [1.29, 1.82) is 0 Å². The van der Waals surface area contributed by atoms with Gasteiger partial charge in [-0.05, 0) is 24.6 Å². The Balaban J connectivity index is 2.54. The van der Waals surface area contributed by atoms with Crippen molar-refractivity contribution < 1.29 is 0 Å². The Morgan fingerprint density at radius 3 is 2.60 bits per heavy atom. The summed E-state index contributed by atoms with van der Waals surface area (Å²) in [6, 6.07) is 3.91. The third-order valence-corrected chi connectivity index (χ3v) is 2.30. The predicted molar refractivity (Wildman–Crippen MR) is 64.4 cm³/mol. The average Bonchev–Trinajstić information content (AvgIpc) is 2.19. The van der Waals surface area contributed by atoms with E-state index in [9.17, 15) is 0 Å². The molecule has 84 valence electrons. The molecule has 2 N–H and O–H groups in total. The Hall–Kier alpha value is -1.09. The van der Waals surface area contributed by atoms with E-state index in [1.54, 1.807) is 6.20 Å². The van der Waals surface area contributed by atoms with Crippen LogP contribution in [0.25, 0.3) is 0 Å². The van der Waals surface area contributed by atoms with Crippen molar-refractivity contribution in [1.82, 2.24) is 9.88 Å². The fourth-order valence-electron chi connectivity index (χ4n) is 1.58. The number of aromatic nitrogens is 1. The summed E-state index contributed by atoms with van der Waals surface area (Å²) in [5.74, 6) is 0.693. The molecule has 0 saturated carbocycles. The molecule has 3 heteroatoms. The highest BCUT2D eigenvalue weighted by atomic mass is 15.1. The summed E-state index contributed by atoms with van der Waals surface area (Å²) in [5, 5.41) is 0. The summed E-state index contributed by atoms with van der Waals surface area (Å²) >= 11 is 0. The van der Waals surface area contributed by atoms with E-state index in [-0.39, 0.29) is 0 Å². The van der Waals surface area contributed by atoms with Gasteiger partial charge in [-0.2, -0.15) is 0 Å². The van der Waals surface area contributed by atoms with E-state index in [0.717, 1.165) is 31.0 Å². The van der Waals surface area contributed by atoms with Gasteiger partial charge in [0.1, 0.15) is 0 Å². The quantitative estimate of drug-likeness (QED) is 0.804. The molecule has 0 aliphatic carbocycles. The lowest BCUT2D eigenvalue weighted by molar-refractivity contribution is 0.246. The SMILES string of the molecule is CCN(Cc1ccc(N)cn1)CC(C)C. The normalized spacial score (nSPS) is 11.3. The standard InChI is InChI=1S/C12H21N3/c1-4-15(8-10(2)3)9-12-6-5-11(13)7-14-12/h5-7,10H,4,8-9,13H2,1-3H3. The number of nitrogens with zero attached hydrogens (tertiary/aromatic N) is 2. The lowest BCUT2D eigenvalue weighted by Crippen LogP contribution is -2.27. The minimum Gasteiger partial charge on any atom is -0.397 e. The minimum absolute atomic E-state index is 0.693. The molecule has 0 radical (unpaired) electrons. The molecule has 1 heterocycles. The second kappa shape index (κ2) is 5.71. The predicted octanol–water partition coefficient (Wildman–Crippen LogP) is 2.14. The molecule has 15 heavy (non-hydrogen) atoms. The van der Waals surface area contributed by atoms with E-state index in [1.807, 2.05) is 12.1 Å². The summed E-state index contributed by atoms with van der Waals surface area (Å²) in [6.07, 6.45) is 1.72. The number of pyridine rings is 1. The summed E-state index contributed by atoms with van der Waals surface area (Å²) in [6.45, 7) is 9.74. The van der Waals surface area contributed by atoms with Gasteiger partial charge < -0.3 is 5.73 Å². The van der Waals surface area contributed by atoms with Crippen molar-refractivity contribution >= 4 is 5.69 Å². The highest BCUT2D eigenvalue weighted by Crippen LogP contribution is 2.06. The largest absolute Gasteiger partial charge is 0.397 e. The minimum atomic E-state index is 0.693. The molecule has 3 nitrogen and oxygen atoms in total. The van der Waals surface area contributed by atoms with E-state index >= 15 is 0 Å². The number of nitrogen functional groups attached to an aromatic ring is 1. The van der Waals surface area contributed by atoms with Crippen LogP contribution in [0.3, 0.4) is 0 Å². The fourth-order valence-corrected chi connectivity index (χ4v) is 1.58. The molecule has 0 unspecified atom stereocenters. The van der Waals surface area contributed by atoms with Crippen molar-refractivity contribution in [2.45, 2.75) is 27.3 Å². The number of rotatable bonds is 5. The van der Waals surface area contributed by atoms with Gasteiger partial charge in [-0.3, -0.25) is 9.88 Å². The molecule has 0 spiro atoms. The van der Waals surface area contributed by atoms with E-state index < -0.39 is 0 Å². The first-order chi connectivity index (χ1) is 7.11. The summed E-state index contributed by atoms with van der Waals surface area (Å²) in [5.41, 5.74) is 7.41. The van der Waals surface area contributed by atoms with Gasteiger partial charge in [-0.15, -0.1) is 0 Å². The maximum Gasteiger partial charge on any atom is 0.0545 e. The van der Waals surface area contributed by atoms with Crippen LogP contribution < -0.4 is 5.73 Å². The summed E-state index contributed by atoms with van der Waals surface area (Å²) < 4.78 is 0. The number of hydrogen-bond donors (Lipinski definition) is 1. The Labute approximate surface area is 92.3 Å². The third-order valence-electron chi connectivity index (χ3n) is 2.30. The van der Waals surface area contributed by atoms with Crippen LogP contribution >= 0.6 is 0 Å². The van der Waals surface area contributed by atoms with Crippen molar-refractivity contribution in [3.05, 3.63) is 24.0 Å². The number of nitrogens with two attached hydrogens (primary N) is 1. The molecule has 0 fully saturated rings. The Kier molecular flexibility index (Phi) is 4.56. The highest BCUT2D eigenvalue weighted by molar-refractivity contribution is 5.34. The van der Waals surface area contributed by atoms with Crippen LogP contribution in [-0.2, 0) is 6.54 Å². The van der Waals surface area contributed by atoms with E-state index in [4.69, 9.17) is 5.73 Å². The molecule has 0 aliphatic heterocycles. The van der Waals surface area contributed by atoms with Crippen LogP contribution in [0.15, 0.2) is 18.3 Å². The molecule has 0 aliphatic rings. The van der Waals surface area contributed by atoms with Gasteiger partial charge in [0.05, 0.1) is 17.6 Å². The Morgan fingerprint density at radius 2 is 2.13 bits per heavy atom. The van der Waals surface area contributed by atoms with Gasteiger partial charge in [0, 0.05) is 13.1 Å². The Bertz CT molecular complexity index is 279.